The fourth-order valence-electron chi connectivity index (χ4n) is 1.96. The highest BCUT2D eigenvalue weighted by Gasteiger charge is 2.11. The zero-order chi connectivity index (χ0) is 14.1. The molecule has 0 fully saturated rings. The molecule has 0 aliphatic rings. The minimum absolute atomic E-state index is 0.326. The summed E-state index contributed by atoms with van der Waals surface area (Å²) in [7, 11) is -1.45. The predicted octanol–water partition coefficient (Wildman–Crippen LogP) is 0.208. The molecule has 3 aromatic rings. The Bertz CT molecular complexity index is 745. The molecule has 2 heterocycles. The van der Waals surface area contributed by atoms with E-state index in [1.54, 1.807) is 18.5 Å². The molecule has 0 bridgehead atoms. The first kappa shape index (κ1) is 13.0. The lowest BCUT2D eigenvalue weighted by molar-refractivity contribution is 0.426. The maximum atomic E-state index is 9.05. The lowest BCUT2D eigenvalue weighted by atomic mass is 9.80. The maximum Gasteiger partial charge on any atom is 0.488 e. The van der Waals surface area contributed by atoms with Crippen molar-refractivity contribution in [1.82, 2.24) is 19.5 Å². The average Bonchev–Trinajstić information content (AvgIpc) is 2.84. The number of hydrogen-bond acceptors (Lipinski definition) is 5. The van der Waals surface area contributed by atoms with E-state index < -0.39 is 7.12 Å². The topological polar surface area (TPSA) is 84.1 Å². The summed E-state index contributed by atoms with van der Waals surface area (Å²) in [4.78, 5) is 12.2. The highest BCUT2D eigenvalue weighted by atomic mass is 35.5. The van der Waals surface area contributed by atoms with E-state index in [2.05, 4.69) is 15.0 Å². The molecule has 2 N–H and O–H groups in total. The van der Waals surface area contributed by atoms with Gasteiger partial charge >= 0.3 is 7.12 Å². The van der Waals surface area contributed by atoms with Gasteiger partial charge in [0.05, 0.1) is 12.9 Å². The molecule has 0 radical (unpaired) electrons. The normalized spacial score (nSPS) is 10.9. The van der Waals surface area contributed by atoms with Crippen LogP contribution in [0.15, 0.2) is 36.9 Å². The third-order valence-electron chi connectivity index (χ3n) is 2.99. The zero-order valence-corrected chi connectivity index (χ0v) is 11.1. The summed E-state index contributed by atoms with van der Waals surface area (Å²) in [5.41, 5.74) is 2.67. The first-order valence-corrected chi connectivity index (χ1v) is 6.29. The summed E-state index contributed by atoms with van der Waals surface area (Å²) in [5.74, 6) is 0. The summed E-state index contributed by atoms with van der Waals surface area (Å²) >= 11 is 5.95. The van der Waals surface area contributed by atoms with Gasteiger partial charge in [-0.2, -0.15) is 0 Å². The Kier molecular flexibility index (Phi) is 3.39. The van der Waals surface area contributed by atoms with Gasteiger partial charge in [0.15, 0.2) is 10.8 Å². The monoisotopic (exact) mass is 288 g/mol. The summed E-state index contributed by atoms with van der Waals surface area (Å²) in [6.45, 7) is 0.561. The van der Waals surface area contributed by atoms with Crippen molar-refractivity contribution in [3.63, 3.8) is 0 Å². The molecule has 0 amide bonds. The molecule has 0 unspecified atom stereocenters. The van der Waals surface area contributed by atoms with E-state index in [-0.39, 0.29) is 0 Å². The van der Waals surface area contributed by atoms with Crippen LogP contribution in [0.1, 0.15) is 5.56 Å². The minimum atomic E-state index is -1.45. The number of aromatic nitrogens is 4. The number of hydrogen-bond donors (Lipinski definition) is 2. The van der Waals surface area contributed by atoms with Crippen molar-refractivity contribution in [2.45, 2.75) is 6.54 Å². The molecule has 0 spiro atoms. The molecule has 6 nitrogen and oxygen atoms in total. The molecule has 0 aliphatic heterocycles. The SMILES string of the molecule is OB(O)c1ccc(Cn2cnc3c(Cl)ncnc32)cc1. The van der Waals surface area contributed by atoms with E-state index in [1.807, 2.05) is 16.7 Å². The fraction of sp³-hybridized carbons (Fsp3) is 0.0833. The molecule has 1 aromatic carbocycles. The van der Waals surface area contributed by atoms with Crippen LogP contribution in [0, 0.1) is 0 Å². The van der Waals surface area contributed by atoms with Crippen LogP contribution in [0.2, 0.25) is 5.15 Å². The Morgan fingerprint density at radius 3 is 2.55 bits per heavy atom. The molecule has 0 aliphatic carbocycles. The second-order valence-corrected chi connectivity index (χ2v) is 4.68. The predicted molar refractivity (Wildman–Crippen MR) is 75.7 cm³/mol. The summed E-state index contributed by atoms with van der Waals surface area (Å²) < 4.78 is 1.85. The van der Waals surface area contributed by atoms with Crippen LogP contribution < -0.4 is 5.46 Å². The smallest absolute Gasteiger partial charge is 0.423 e. The van der Waals surface area contributed by atoms with E-state index in [0.29, 0.717) is 28.3 Å². The van der Waals surface area contributed by atoms with Crippen LogP contribution in [-0.4, -0.2) is 36.7 Å². The number of benzene rings is 1. The van der Waals surface area contributed by atoms with Gasteiger partial charge in [-0.25, -0.2) is 15.0 Å². The third-order valence-corrected chi connectivity index (χ3v) is 3.26. The van der Waals surface area contributed by atoms with Crippen LogP contribution in [0.5, 0.6) is 0 Å². The molecule has 0 saturated carbocycles. The van der Waals surface area contributed by atoms with E-state index >= 15 is 0 Å². The zero-order valence-electron chi connectivity index (χ0n) is 10.3. The van der Waals surface area contributed by atoms with Gasteiger partial charge in [-0.05, 0) is 11.0 Å². The lowest BCUT2D eigenvalue weighted by Crippen LogP contribution is -2.29. The number of rotatable bonds is 3. The van der Waals surface area contributed by atoms with Crippen molar-refractivity contribution >= 4 is 35.3 Å². The molecule has 0 atom stereocenters. The van der Waals surface area contributed by atoms with E-state index in [1.165, 1.54) is 6.33 Å². The van der Waals surface area contributed by atoms with Crippen LogP contribution in [0.3, 0.4) is 0 Å². The van der Waals surface area contributed by atoms with Crippen molar-refractivity contribution in [3.8, 4) is 0 Å². The third kappa shape index (κ3) is 2.38. The summed E-state index contributed by atoms with van der Waals surface area (Å²) in [5, 5.41) is 18.4. The molecule has 100 valence electrons. The first-order valence-electron chi connectivity index (χ1n) is 5.91. The second kappa shape index (κ2) is 5.20. The van der Waals surface area contributed by atoms with Gasteiger partial charge in [0.25, 0.3) is 0 Å². The van der Waals surface area contributed by atoms with Gasteiger partial charge in [0.1, 0.15) is 11.8 Å². The van der Waals surface area contributed by atoms with Crippen molar-refractivity contribution in [2.24, 2.45) is 0 Å². The Morgan fingerprint density at radius 2 is 1.85 bits per heavy atom. The number of nitrogens with zero attached hydrogens (tertiary/aromatic N) is 4. The Labute approximate surface area is 119 Å². The fourth-order valence-corrected chi connectivity index (χ4v) is 2.14. The largest absolute Gasteiger partial charge is 0.488 e. The molecular weight excluding hydrogens is 278 g/mol. The molecular formula is C12H10BClN4O2. The first-order chi connectivity index (χ1) is 9.65. The average molecular weight is 289 g/mol. The second-order valence-electron chi connectivity index (χ2n) is 4.32. The van der Waals surface area contributed by atoms with Crippen molar-refractivity contribution in [3.05, 3.63) is 47.6 Å². The number of imidazole rings is 1. The Morgan fingerprint density at radius 1 is 1.10 bits per heavy atom. The summed E-state index contributed by atoms with van der Waals surface area (Å²) in [6, 6.07) is 6.98. The standard InChI is InChI=1S/C12H10BClN4O2/c14-11-10-12(16-6-15-11)18(7-17-10)5-8-1-3-9(4-2-8)13(19)20/h1-4,6-7,19-20H,5H2. The van der Waals surface area contributed by atoms with E-state index in [0.717, 1.165) is 5.56 Å². The molecule has 0 saturated heterocycles. The quantitative estimate of drug-likeness (QED) is 0.531. The van der Waals surface area contributed by atoms with Gasteiger partial charge in [-0.3, -0.25) is 0 Å². The molecule has 8 heteroatoms. The van der Waals surface area contributed by atoms with E-state index in [4.69, 9.17) is 21.6 Å². The van der Waals surface area contributed by atoms with Gasteiger partial charge < -0.3 is 14.6 Å². The van der Waals surface area contributed by atoms with Crippen LogP contribution in [-0.2, 0) is 6.54 Å². The van der Waals surface area contributed by atoms with Gasteiger partial charge in [0, 0.05) is 0 Å². The van der Waals surface area contributed by atoms with Gasteiger partial charge in [-0.1, -0.05) is 35.9 Å². The maximum absolute atomic E-state index is 9.05. The van der Waals surface area contributed by atoms with Crippen LogP contribution in [0.25, 0.3) is 11.2 Å². The van der Waals surface area contributed by atoms with Gasteiger partial charge in [0.2, 0.25) is 0 Å². The minimum Gasteiger partial charge on any atom is -0.423 e. The molecule has 20 heavy (non-hydrogen) atoms. The number of halogens is 1. The molecule has 3 rings (SSSR count). The van der Waals surface area contributed by atoms with Crippen molar-refractivity contribution in [1.29, 1.82) is 0 Å². The van der Waals surface area contributed by atoms with Gasteiger partial charge in [-0.15, -0.1) is 0 Å². The summed E-state index contributed by atoms with van der Waals surface area (Å²) in [6.07, 6.45) is 3.05. The van der Waals surface area contributed by atoms with Crippen molar-refractivity contribution in [2.75, 3.05) is 0 Å². The van der Waals surface area contributed by atoms with E-state index in [9.17, 15) is 0 Å². The Balaban J connectivity index is 1.91. The van der Waals surface area contributed by atoms with Crippen LogP contribution in [0.4, 0.5) is 0 Å². The number of fused-ring (bicyclic) bond motifs is 1. The highest BCUT2D eigenvalue weighted by molar-refractivity contribution is 6.58. The lowest BCUT2D eigenvalue weighted by Gasteiger charge is -2.05. The molecule has 2 aromatic heterocycles. The highest BCUT2D eigenvalue weighted by Crippen LogP contribution is 2.17. The van der Waals surface area contributed by atoms with Crippen LogP contribution >= 0.6 is 11.6 Å². The van der Waals surface area contributed by atoms with Crippen molar-refractivity contribution < 1.29 is 10.0 Å². The Hall–Kier alpha value is -1.96.